The van der Waals surface area contributed by atoms with E-state index in [9.17, 15) is 10.1 Å². The van der Waals surface area contributed by atoms with E-state index in [4.69, 9.17) is 0 Å². The highest BCUT2D eigenvalue weighted by molar-refractivity contribution is 7.99. The molecule has 0 saturated carbocycles. The summed E-state index contributed by atoms with van der Waals surface area (Å²) >= 11 is 3.11. The minimum Gasteiger partial charge on any atom is -0.308 e. The molecule has 0 unspecified atom stereocenters. The molecule has 0 bridgehead atoms. The van der Waals surface area contributed by atoms with Crippen LogP contribution in [-0.2, 0) is 17.8 Å². The fourth-order valence-corrected chi connectivity index (χ4v) is 4.05. The van der Waals surface area contributed by atoms with Crippen molar-refractivity contribution in [2.45, 2.75) is 18.1 Å². The number of aromatic nitrogens is 4. The number of carbonyl (C=O) groups is 1. The minimum atomic E-state index is -0.218. The molecule has 0 fully saturated rings. The number of fused-ring (bicyclic) bond motifs is 2. The summed E-state index contributed by atoms with van der Waals surface area (Å²) in [5.74, 6) is 1.04. The Morgan fingerprint density at radius 2 is 2.41 bits per heavy atom. The maximum Gasteiger partial charge on any atom is 0.231 e. The highest BCUT2D eigenvalue weighted by Crippen LogP contribution is 2.30. The normalized spacial score (nSPS) is 13.2. The van der Waals surface area contributed by atoms with Crippen molar-refractivity contribution in [3.63, 3.8) is 0 Å². The van der Waals surface area contributed by atoms with Crippen LogP contribution >= 0.6 is 23.1 Å². The molecule has 9 heteroatoms. The van der Waals surface area contributed by atoms with E-state index in [1.54, 1.807) is 11.8 Å². The van der Waals surface area contributed by atoms with Gasteiger partial charge in [0.1, 0.15) is 6.07 Å². The molecule has 3 aromatic heterocycles. The summed E-state index contributed by atoms with van der Waals surface area (Å²) < 4.78 is 3.72. The molecule has 0 radical (unpaired) electrons. The lowest BCUT2D eigenvalue weighted by Crippen LogP contribution is -2.16. The molecular formula is C13H10N6OS2. The molecule has 1 aliphatic heterocycles. The number of thioether (sulfide) groups is 1. The van der Waals surface area contributed by atoms with E-state index in [1.165, 1.54) is 11.3 Å². The van der Waals surface area contributed by atoms with Crippen LogP contribution in [0.3, 0.4) is 0 Å². The average molecular weight is 330 g/mol. The second-order valence-electron chi connectivity index (χ2n) is 4.75. The van der Waals surface area contributed by atoms with Gasteiger partial charge in [-0.3, -0.25) is 9.20 Å². The predicted octanol–water partition coefficient (Wildman–Crippen LogP) is 1.75. The van der Waals surface area contributed by atoms with Gasteiger partial charge in [0.15, 0.2) is 21.6 Å². The van der Waals surface area contributed by atoms with Gasteiger partial charge in [0.2, 0.25) is 5.91 Å². The Kier molecular flexibility index (Phi) is 3.13. The molecule has 4 rings (SSSR count). The molecular weight excluding hydrogens is 320 g/mol. The molecule has 0 aromatic carbocycles. The third-order valence-corrected chi connectivity index (χ3v) is 5.05. The summed E-state index contributed by atoms with van der Waals surface area (Å²) in [4.78, 5) is 21.7. The van der Waals surface area contributed by atoms with Crippen molar-refractivity contribution in [3.8, 4) is 6.07 Å². The number of nitriles is 1. The molecule has 1 N–H and O–H groups in total. The summed E-state index contributed by atoms with van der Waals surface area (Å²) in [7, 11) is 0. The summed E-state index contributed by atoms with van der Waals surface area (Å²) in [5, 5.41) is 14.7. The number of rotatable bonds is 3. The van der Waals surface area contributed by atoms with Gasteiger partial charge in [-0.05, 0) is 0 Å². The second-order valence-corrected chi connectivity index (χ2v) is 6.69. The van der Waals surface area contributed by atoms with Crippen molar-refractivity contribution in [1.29, 1.82) is 5.26 Å². The van der Waals surface area contributed by atoms with Crippen molar-refractivity contribution >= 4 is 39.8 Å². The Labute approximate surface area is 133 Å². The van der Waals surface area contributed by atoms with Gasteiger partial charge in [-0.2, -0.15) is 5.26 Å². The van der Waals surface area contributed by atoms with E-state index in [0.717, 1.165) is 22.4 Å². The zero-order chi connectivity index (χ0) is 15.1. The second kappa shape index (κ2) is 5.15. The number of amides is 1. The Morgan fingerprint density at radius 1 is 1.50 bits per heavy atom. The smallest absolute Gasteiger partial charge is 0.231 e. The highest BCUT2D eigenvalue weighted by atomic mass is 32.2. The van der Waals surface area contributed by atoms with Crippen LogP contribution < -0.4 is 5.32 Å². The van der Waals surface area contributed by atoms with Crippen molar-refractivity contribution < 1.29 is 4.79 Å². The standard InChI is InChI=1S/C13H10N6OS2/c14-6-9-11(17-13-19(9)2-4-22-13)16-10(20)5-8-7-18-1-3-21-12(18)15-8/h1,3,7H,2,4-5H2,(H,16,20). The fourth-order valence-electron chi connectivity index (χ4n) is 2.38. The molecule has 7 nitrogen and oxygen atoms in total. The number of nitrogens with one attached hydrogen (secondary N) is 1. The van der Waals surface area contributed by atoms with Crippen molar-refractivity contribution in [2.24, 2.45) is 0 Å². The molecule has 22 heavy (non-hydrogen) atoms. The maximum atomic E-state index is 12.2. The van der Waals surface area contributed by atoms with E-state index in [2.05, 4.69) is 21.4 Å². The fraction of sp³-hybridized carbons (Fsp3) is 0.231. The molecule has 0 aliphatic carbocycles. The van der Waals surface area contributed by atoms with Crippen LogP contribution in [0, 0.1) is 11.3 Å². The number of carbonyl (C=O) groups excluding carboxylic acids is 1. The molecule has 4 heterocycles. The Morgan fingerprint density at radius 3 is 3.23 bits per heavy atom. The number of anilines is 1. The van der Waals surface area contributed by atoms with Gasteiger partial charge in [-0.15, -0.1) is 11.3 Å². The van der Waals surface area contributed by atoms with Crippen LogP contribution in [0.25, 0.3) is 4.96 Å². The topological polar surface area (TPSA) is 88.0 Å². The van der Waals surface area contributed by atoms with Gasteiger partial charge in [0, 0.05) is 30.1 Å². The highest BCUT2D eigenvalue weighted by Gasteiger charge is 2.23. The SMILES string of the molecule is N#Cc1c(NC(=O)Cc2cn3ccsc3n2)nc2n1CCS2. The van der Waals surface area contributed by atoms with Gasteiger partial charge in [-0.1, -0.05) is 11.8 Å². The van der Waals surface area contributed by atoms with Crippen LogP contribution in [0.2, 0.25) is 0 Å². The maximum absolute atomic E-state index is 12.2. The number of hydrogen-bond donors (Lipinski definition) is 1. The third kappa shape index (κ3) is 2.17. The van der Waals surface area contributed by atoms with Crippen molar-refractivity contribution in [1.82, 2.24) is 18.9 Å². The van der Waals surface area contributed by atoms with Gasteiger partial charge >= 0.3 is 0 Å². The third-order valence-electron chi connectivity index (χ3n) is 3.33. The zero-order valence-corrected chi connectivity index (χ0v) is 12.9. The summed E-state index contributed by atoms with van der Waals surface area (Å²) in [5.41, 5.74) is 1.11. The Hall–Kier alpha value is -2.31. The number of thiazole rings is 1. The van der Waals surface area contributed by atoms with Crippen LogP contribution in [0.4, 0.5) is 5.82 Å². The molecule has 1 amide bonds. The van der Waals surface area contributed by atoms with Crippen LogP contribution in [0.15, 0.2) is 22.9 Å². The summed E-state index contributed by atoms with van der Waals surface area (Å²) in [6.45, 7) is 0.753. The molecule has 1 aliphatic rings. The first-order chi connectivity index (χ1) is 10.7. The van der Waals surface area contributed by atoms with E-state index in [0.29, 0.717) is 17.2 Å². The zero-order valence-electron chi connectivity index (χ0n) is 11.3. The monoisotopic (exact) mass is 330 g/mol. The molecule has 0 saturated heterocycles. The Bertz CT molecular complexity index is 886. The van der Waals surface area contributed by atoms with E-state index in [1.807, 2.05) is 26.7 Å². The minimum absolute atomic E-state index is 0.161. The lowest BCUT2D eigenvalue weighted by Gasteiger charge is -2.02. The molecule has 0 atom stereocenters. The van der Waals surface area contributed by atoms with Gasteiger partial charge in [0.25, 0.3) is 0 Å². The van der Waals surface area contributed by atoms with Crippen LogP contribution in [0.1, 0.15) is 11.4 Å². The molecule has 110 valence electrons. The predicted molar refractivity (Wildman–Crippen MR) is 83.1 cm³/mol. The number of nitrogens with zero attached hydrogens (tertiary/aromatic N) is 5. The molecule has 3 aromatic rings. The summed E-state index contributed by atoms with van der Waals surface area (Å²) in [6, 6.07) is 2.12. The molecule has 0 spiro atoms. The lowest BCUT2D eigenvalue weighted by atomic mass is 10.3. The van der Waals surface area contributed by atoms with Crippen molar-refractivity contribution in [2.75, 3.05) is 11.1 Å². The quantitative estimate of drug-likeness (QED) is 0.790. The van der Waals surface area contributed by atoms with Gasteiger partial charge in [-0.25, -0.2) is 9.97 Å². The number of imidazole rings is 2. The largest absolute Gasteiger partial charge is 0.308 e. The van der Waals surface area contributed by atoms with Gasteiger partial charge < -0.3 is 9.88 Å². The Balaban J connectivity index is 1.52. The van der Waals surface area contributed by atoms with Crippen LogP contribution in [0.5, 0.6) is 0 Å². The van der Waals surface area contributed by atoms with E-state index < -0.39 is 0 Å². The van der Waals surface area contributed by atoms with Gasteiger partial charge in [0.05, 0.1) is 12.1 Å². The van der Waals surface area contributed by atoms with Crippen LogP contribution in [-0.4, -0.2) is 30.6 Å². The average Bonchev–Trinajstić information content (AvgIpc) is 3.17. The lowest BCUT2D eigenvalue weighted by molar-refractivity contribution is -0.115. The summed E-state index contributed by atoms with van der Waals surface area (Å²) in [6.07, 6.45) is 3.90. The first-order valence-corrected chi connectivity index (χ1v) is 8.45. The van der Waals surface area contributed by atoms with E-state index >= 15 is 0 Å². The first-order valence-electron chi connectivity index (χ1n) is 6.59. The first kappa shape index (κ1) is 13.4. The van der Waals surface area contributed by atoms with Crippen molar-refractivity contribution in [3.05, 3.63) is 29.2 Å². The van der Waals surface area contributed by atoms with E-state index in [-0.39, 0.29) is 12.3 Å². The number of hydrogen-bond acceptors (Lipinski definition) is 6.